The van der Waals surface area contributed by atoms with Crippen molar-refractivity contribution in [3.05, 3.63) is 112 Å². The molecular formula is C51H59ClF3N3O8. The Bertz CT molecular complexity index is 2350. The lowest BCUT2D eigenvalue weighted by Gasteiger charge is -2.47. The number of ether oxygens (including phenoxy) is 3. The number of hydrogen-bond donors (Lipinski definition) is 4. The van der Waals surface area contributed by atoms with Crippen molar-refractivity contribution in [1.82, 2.24) is 10.3 Å². The second kappa shape index (κ2) is 21.0. The molecule has 3 aromatic carbocycles. The lowest BCUT2D eigenvalue weighted by Crippen LogP contribution is -2.53. The van der Waals surface area contributed by atoms with Crippen LogP contribution in [0.15, 0.2) is 79.0 Å². The van der Waals surface area contributed by atoms with Gasteiger partial charge in [0.15, 0.2) is 0 Å². The zero-order chi connectivity index (χ0) is 47.1. The number of pyridine rings is 1. The van der Waals surface area contributed by atoms with Gasteiger partial charge in [0.05, 0.1) is 26.2 Å². The van der Waals surface area contributed by atoms with E-state index in [4.69, 9.17) is 25.8 Å². The Kier molecular flexibility index (Phi) is 15.4. The van der Waals surface area contributed by atoms with Crippen LogP contribution in [0.5, 0.6) is 17.2 Å². The quantitative estimate of drug-likeness (QED) is 0.0629. The molecule has 4 N–H and O–H groups in total. The van der Waals surface area contributed by atoms with Crippen LogP contribution in [-0.2, 0) is 39.1 Å². The molecule has 15 heteroatoms. The largest absolute Gasteiger partial charge is 0.494 e. The van der Waals surface area contributed by atoms with Crippen molar-refractivity contribution in [3.63, 3.8) is 0 Å². The summed E-state index contributed by atoms with van der Waals surface area (Å²) in [5.41, 5.74) is 4.37. The van der Waals surface area contributed by atoms with E-state index >= 15 is 0 Å². The number of nitrogens with zero attached hydrogens (tertiary/aromatic N) is 1. The lowest BCUT2D eigenvalue weighted by atomic mass is 9.59. The molecule has 3 aliphatic rings. The summed E-state index contributed by atoms with van der Waals surface area (Å²) in [5, 5.41) is 27.0. The second-order valence-electron chi connectivity index (χ2n) is 18.5. The summed E-state index contributed by atoms with van der Waals surface area (Å²) in [7, 11) is 0. The van der Waals surface area contributed by atoms with E-state index in [9.17, 15) is 37.8 Å². The maximum atomic E-state index is 13.1. The number of carbonyl (C=O) groups excluding carboxylic acids is 1. The normalized spacial score (nSPS) is 22.1. The van der Waals surface area contributed by atoms with E-state index in [1.165, 1.54) is 23.3 Å². The van der Waals surface area contributed by atoms with Gasteiger partial charge in [-0.3, -0.25) is 9.78 Å². The number of rotatable bonds is 20. The van der Waals surface area contributed by atoms with Crippen molar-refractivity contribution >= 4 is 35.1 Å². The number of alkyl halides is 3. The van der Waals surface area contributed by atoms with Crippen molar-refractivity contribution in [2.45, 2.75) is 126 Å². The molecule has 7 rings (SSSR count). The molecule has 1 saturated carbocycles. The molecule has 1 aromatic heterocycles. The van der Waals surface area contributed by atoms with Gasteiger partial charge in [0, 0.05) is 41.0 Å². The van der Waals surface area contributed by atoms with E-state index in [2.05, 4.69) is 41.6 Å². The number of carboxylic acid groups (broad SMARTS) is 2. The summed E-state index contributed by atoms with van der Waals surface area (Å²) in [4.78, 5) is 42.8. The van der Waals surface area contributed by atoms with Crippen molar-refractivity contribution < 1.29 is 52.0 Å². The van der Waals surface area contributed by atoms with Crippen molar-refractivity contribution in [2.24, 2.45) is 11.8 Å². The van der Waals surface area contributed by atoms with Crippen LogP contribution in [0.1, 0.15) is 112 Å². The van der Waals surface area contributed by atoms with Crippen LogP contribution in [0.4, 0.5) is 18.9 Å². The molecule has 1 heterocycles. The topological polar surface area (TPSA) is 156 Å². The van der Waals surface area contributed by atoms with Crippen molar-refractivity contribution in [1.29, 1.82) is 0 Å². The van der Waals surface area contributed by atoms with Gasteiger partial charge in [-0.2, -0.15) is 13.2 Å². The first-order chi connectivity index (χ1) is 31.5. The summed E-state index contributed by atoms with van der Waals surface area (Å²) >= 11 is 6.30. The first kappa shape index (κ1) is 48.4. The Balaban J connectivity index is 1.00. The Morgan fingerprint density at radius 1 is 0.939 bits per heavy atom. The summed E-state index contributed by atoms with van der Waals surface area (Å²) in [6, 6.07) is 20.1. The number of carboxylic acids is 2. The van der Waals surface area contributed by atoms with Crippen LogP contribution < -0.4 is 24.8 Å². The first-order valence-electron chi connectivity index (χ1n) is 23.0. The van der Waals surface area contributed by atoms with Gasteiger partial charge >= 0.3 is 18.1 Å². The van der Waals surface area contributed by atoms with Gasteiger partial charge in [-0.1, -0.05) is 49.7 Å². The zero-order valence-corrected chi connectivity index (χ0v) is 38.2. The summed E-state index contributed by atoms with van der Waals surface area (Å²) in [5.74, 6) is -0.0837. The lowest BCUT2D eigenvalue weighted by molar-refractivity contribution is -0.144. The summed E-state index contributed by atoms with van der Waals surface area (Å²) in [6.45, 7) is 4.63. The second-order valence-corrected chi connectivity index (χ2v) is 18.9. The number of amides is 1. The molecule has 1 unspecified atom stereocenters. The fraction of sp³-hybridized carbons (Fsp3) is 0.490. The van der Waals surface area contributed by atoms with Gasteiger partial charge < -0.3 is 35.1 Å². The standard InChI is InChI=1S/C51H59ClF3N3O8/c1-32(31-66-44-16-22-56-42-12-3-7-33(2)46(42)44)25-36-28-35-14-15-40(30-41(35)49(36)17-19-50(20-18-49,48(62)63)58-38-10-5-9-37(52)29-38)64-23-6-13-45(59)57-43(47(60)61)27-34-8-4-11-39(26-34)65-24-21-51(53,54)55/h4-5,8-11,14-16,22,26,29-30,32-33,36,43,58H,3,6-7,12-13,17-21,23-25,27-28,31H2,1-2H3,(H,57,59)(H,60,61)(H,62,63)/t32-,33-,36+,43?,49?,50?/m1/s1. The minimum absolute atomic E-state index is 0.000601. The third-order valence-electron chi connectivity index (χ3n) is 13.7. The van der Waals surface area contributed by atoms with E-state index in [1.54, 1.807) is 30.3 Å². The maximum absolute atomic E-state index is 13.1. The number of halogens is 4. The fourth-order valence-corrected chi connectivity index (χ4v) is 10.5. The molecule has 0 bridgehead atoms. The molecular weight excluding hydrogens is 875 g/mol. The maximum Gasteiger partial charge on any atom is 0.392 e. The Morgan fingerprint density at radius 2 is 1.70 bits per heavy atom. The number of benzene rings is 3. The number of carbonyl (C=O) groups is 3. The Labute approximate surface area is 388 Å². The fourth-order valence-electron chi connectivity index (χ4n) is 10.3. The van der Waals surface area contributed by atoms with Crippen LogP contribution in [0.25, 0.3) is 0 Å². The van der Waals surface area contributed by atoms with Crippen LogP contribution in [0.2, 0.25) is 5.02 Å². The zero-order valence-electron chi connectivity index (χ0n) is 37.4. The third-order valence-corrected chi connectivity index (χ3v) is 13.9. The van der Waals surface area contributed by atoms with Gasteiger partial charge in [-0.25, -0.2) is 9.59 Å². The predicted molar refractivity (Wildman–Crippen MR) is 245 cm³/mol. The van der Waals surface area contributed by atoms with E-state index in [0.29, 0.717) is 66.7 Å². The Morgan fingerprint density at radius 3 is 2.44 bits per heavy atom. The van der Waals surface area contributed by atoms with E-state index in [-0.39, 0.29) is 42.4 Å². The molecule has 1 amide bonds. The minimum Gasteiger partial charge on any atom is -0.494 e. The first-order valence-corrected chi connectivity index (χ1v) is 23.3. The highest BCUT2D eigenvalue weighted by molar-refractivity contribution is 6.30. The third kappa shape index (κ3) is 11.9. The number of aryl methyl sites for hydroxylation is 1. The molecule has 66 heavy (non-hydrogen) atoms. The van der Waals surface area contributed by atoms with Crippen molar-refractivity contribution in [3.8, 4) is 17.2 Å². The number of nitrogens with one attached hydrogen (secondary N) is 2. The van der Waals surface area contributed by atoms with Crippen LogP contribution in [0, 0.1) is 11.8 Å². The predicted octanol–water partition coefficient (Wildman–Crippen LogP) is 10.5. The average molecular weight is 934 g/mol. The molecule has 4 atom stereocenters. The van der Waals surface area contributed by atoms with Gasteiger partial charge in [0.2, 0.25) is 5.91 Å². The van der Waals surface area contributed by atoms with Gasteiger partial charge in [0.1, 0.15) is 28.8 Å². The molecule has 354 valence electrons. The molecule has 11 nitrogen and oxygen atoms in total. The molecule has 1 spiro atoms. The molecule has 4 aromatic rings. The monoisotopic (exact) mass is 933 g/mol. The number of aliphatic carboxylic acids is 2. The van der Waals surface area contributed by atoms with Crippen LogP contribution in [0.3, 0.4) is 0 Å². The molecule has 1 fully saturated rings. The SMILES string of the molecule is C[C@@H](COc1ccnc2c1[C@H](C)CCC2)C[C@H]1Cc2ccc(OCCCC(=O)NC(Cc3cccc(OCCC(F)(F)F)c3)C(=O)O)cc2C12CCC(Nc1cccc(Cl)c1)(C(=O)O)CC2. The van der Waals surface area contributed by atoms with Crippen molar-refractivity contribution in [2.75, 3.05) is 25.1 Å². The summed E-state index contributed by atoms with van der Waals surface area (Å²) < 4.78 is 55.7. The average Bonchev–Trinajstić information content (AvgIpc) is 3.55. The Hall–Kier alpha value is -5.50. The highest BCUT2D eigenvalue weighted by atomic mass is 35.5. The number of hydrogen-bond acceptors (Lipinski definition) is 8. The van der Waals surface area contributed by atoms with Gasteiger partial charge in [-0.05, 0) is 153 Å². The molecule has 0 aliphatic heterocycles. The minimum atomic E-state index is -4.36. The van der Waals surface area contributed by atoms with E-state index < -0.39 is 48.6 Å². The van der Waals surface area contributed by atoms with Crippen LogP contribution in [-0.4, -0.2) is 70.6 Å². The molecule has 3 aliphatic carbocycles. The van der Waals surface area contributed by atoms with Crippen LogP contribution >= 0.6 is 11.6 Å². The highest BCUT2D eigenvalue weighted by Gasteiger charge is 2.54. The number of anilines is 1. The number of aromatic nitrogens is 1. The number of fused-ring (bicyclic) bond motifs is 3. The van der Waals surface area contributed by atoms with E-state index in [1.807, 2.05) is 24.4 Å². The summed E-state index contributed by atoms with van der Waals surface area (Å²) in [6.07, 6.45) is 3.56. The van der Waals surface area contributed by atoms with Gasteiger partial charge in [-0.15, -0.1) is 0 Å². The molecule has 0 saturated heterocycles. The van der Waals surface area contributed by atoms with E-state index in [0.717, 1.165) is 49.1 Å². The van der Waals surface area contributed by atoms with Gasteiger partial charge in [0.25, 0.3) is 0 Å². The highest BCUT2D eigenvalue weighted by Crippen LogP contribution is 2.57. The molecule has 0 radical (unpaired) electrons. The smallest absolute Gasteiger partial charge is 0.392 e.